The van der Waals surface area contributed by atoms with Crippen molar-refractivity contribution in [1.29, 1.82) is 0 Å². The molecule has 0 radical (unpaired) electrons. The number of likely N-dealkylation sites (tertiary alicyclic amines) is 1. The molecular weight excluding hydrogens is 400 g/mol. The molecule has 3 N–H and O–H groups in total. The van der Waals surface area contributed by atoms with Crippen molar-refractivity contribution < 1.29 is 14.3 Å². The van der Waals surface area contributed by atoms with E-state index in [1.54, 1.807) is 16.7 Å². The van der Waals surface area contributed by atoms with Crippen LogP contribution in [0.5, 0.6) is 11.5 Å². The fourth-order valence-corrected chi connectivity index (χ4v) is 4.65. The molecule has 2 aliphatic heterocycles. The predicted octanol–water partition coefficient (Wildman–Crippen LogP) is 3.19. The molecule has 2 aromatic carbocycles. The SMILES string of the molecule is NC(C(=O)N1CCSC1)C1CCN(C(=O)Nc2ccc(Oc3ccccc3)cc2)C1. The van der Waals surface area contributed by atoms with Crippen LogP contribution < -0.4 is 15.8 Å². The minimum Gasteiger partial charge on any atom is -0.457 e. The zero-order chi connectivity index (χ0) is 20.9. The lowest BCUT2D eigenvalue weighted by atomic mass is 9.99. The monoisotopic (exact) mass is 426 g/mol. The number of hydrogen-bond donors (Lipinski definition) is 2. The molecule has 2 fully saturated rings. The topological polar surface area (TPSA) is 87.9 Å². The number of rotatable bonds is 5. The number of nitrogens with two attached hydrogens (primary N) is 1. The Morgan fingerprint density at radius 2 is 1.77 bits per heavy atom. The van der Waals surface area contributed by atoms with Crippen LogP contribution in [0, 0.1) is 5.92 Å². The molecule has 0 spiro atoms. The van der Waals surface area contributed by atoms with Gasteiger partial charge in [0, 0.05) is 37.0 Å². The van der Waals surface area contributed by atoms with Crippen molar-refractivity contribution >= 4 is 29.4 Å². The summed E-state index contributed by atoms with van der Waals surface area (Å²) in [6.45, 7) is 1.86. The van der Waals surface area contributed by atoms with Gasteiger partial charge in [-0.15, -0.1) is 11.8 Å². The van der Waals surface area contributed by atoms with E-state index in [9.17, 15) is 9.59 Å². The first kappa shape index (κ1) is 20.6. The van der Waals surface area contributed by atoms with Gasteiger partial charge in [0.15, 0.2) is 0 Å². The highest BCUT2D eigenvalue weighted by Gasteiger charge is 2.36. The highest BCUT2D eigenvalue weighted by atomic mass is 32.2. The third kappa shape index (κ3) is 4.88. The van der Waals surface area contributed by atoms with Crippen molar-refractivity contribution in [1.82, 2.24) is 9.80 Å². The van der Waals surface area contributed by atoms with Gasteiger partial charge in [-0.3, -0.25) is 4.79 Å². The summed E-state index contributed by atoms with van der Waals surface area (Å²) in [5, 5.41) is 2.91. The van der Waals surface area contributed by atoms with E-state index < -0.39 is 6.04 Å². The predicted molar refractivity (Wildman–Crippen MR) is 119 cm³/mol. The second-order valence-electron chi connectivity index (χ2n) is 7.53. The highest BCUT2D eigenvalue weighted by Crippen LogP contribution is 2.25. The summed E-state index contributed by atoms with van der Waals surface area (Å²) >= 11 is 1.74. The average molecular weight is 427 g/mol. The van der Waals surface area contributed by atoms with Gasteiger partial charge in [0.25, 0.3) is 0 Å². The first-order chi connectivity index (χ1) is 14.6. The number of amides is 3. The van der Waals surface area contributed by atoms with Gasteiger partial charge in [0.2, 0.25) is 5.91 Å². The van der Waals surface area contributed by atoms with Crippen LogP contribution in [-0.2, 0) is 4.79 Å². The lowest BCUT2D eigenvalue weighted by molar-refractivity contribution is -0.132. The van der Waals surface area contributed by atoms with Crippen LogP contribution in [-0.4, -0.2) is 59.0 Å². The normalized spacial score (nSPS) is 19.6. The van der Waals surface area contributed by atoms with Gasteiger partial charge in [-0.1, -0.05) is 18.2 Å². The fraction of sp³-hybridized carbons (Fsp3) is 0.364. The lowest BCUT2D eigenvalue weighted by Crippen LogP contribution is -2.47. The molecule has 0 aromatic heterocycles. The van der Waals surface area contributed by atoms with Gasteiger partial charge in [0.1, 0.15) is 11.5 Å². The number of carbonyl (C=O) groups is 2. The van der Waals surface area contributed by atoms with Gasteiger partial charge in [-0.2, -0.15) is 0 Å². The Morgan fingerprint density at radius 3 is 2.47 bits per heavy atom. The molecule has 2 saturated heterocycles. The second-order valence-corrected chi connectivity index (χ2v) is 8.60. The van der Waals surface area contributed by atoms with E-state index in [0.717, 1.165) is 24.5 Å². The fourth-order valence-electron chi connectivity index (χ4n) is 3.70. The van der Waals surface area contributed by atoms with Crippen molar-refractivity contribution in [2.45, 2.75) is 12.5 Å². The first-order valence-corrected chi connectivity index (χ1v) is 11.3. The van der Waals surface area contributed by atoms with Crippen molar-refractivity contribution in [3.8, 4) is 11.5 Å². The molecule has 0 saturated carbocycles. The Bertz CT molecular complexity index is 872. The number of ether oxygens (including phenoxy) is 1. The molecule has 2 aromatic rings. The summed E-state index contributed by atoms with van der Waals surface area (Å²) in [4.78, 5) is 28.7. The van der Waals surface area contributed by atoms with Crippen LogP contribution in [0.25, 0.3) is 0 Å². The third-order valence-corrected chi connectivity index (χ3v) is 6.42. The first-order valence-electron chi connectivity index (χ1n) is 10.1. The maximum atomic E-state index is 12.6. The van der Waals surface area contributed by atoms with Crippen LogP contribution >= 0.6 is 11.8 Å². The van der Waals surface area contributed by atoms with E-state index >= 15 is 0 Å². The molecule has 4 rings (SSSR count). The number of nitrogens with one attached hydrogen (secondary N) is 1. The molecule has 30 heavy (non-hydrogen) atoms. The summed E-state index contributed by atoms with van der Waals surface area (Å²) in [6.07, 6.45) is 0.741. The molecule has 158 valence electrons. The van der Waals surface area contributed by atoms with Crippen LogP contribution in [0.2, 0.25) is 0 Å². The Hall–Kier alpha value is -2.71. The lowest BCUT2D eigenvalue weighted by Gasteiger charge is -2.24. The number of carbonyl (C=O) groups excluding carboxylic acids is 2. The maximum Gasteiger partial charge on any atom is 0.321 e. The van der Waals surface area contributed by atoms with E-state index in [-0.39, 0.29) is 17.9 Å². The standard InChI is InChI=1S/C22H26N4O3S/c23-20(21(27)26-12-13-30-15-26)16-10-11-25(14-16)22(28)24-17-6-8-19(9-7-17)29-18-4-2-1-3-5-18/h1-9,16,20H,10-15,23H2,(H,24,28). The Balaban J connectivity index is 1.28. The summed E-state index contributed by atoms with van der Waals surface area (Å²) in [5.41, 5.74) is 6.92. The average Bonchev–Trinajstić information content (AvgIpc) is 3.47. The molecule has 2 heterocycles. The van der Waals surface area contributed by atoms with Gasteiger partial charge in [-0.25, -0.2) is 4.79 Å². The van der Waals surface area contributed by atoms with Gasteiger partial charge in [-0.05, 0) is 42.8 Å². The van der Waals surface area contributed by atoms with E-state index in [1.807, 2.05) is 59.5 Å². The van der Waals surface area contributed by atoms with E-state index in [4.69, 9.17) is 10.5 Å². The quantitative estimate of drug-likeness (QED) is 0.767. The summed E-state index contributed by atoms with van der Waals surface area (Å²) < 4.78 is 5.77. The molecule has 0 aliphatic carbocycles. The third-order valence-electron chi connectivity index (χ3n) is 5.45. The summed E-state index contributed by atoms with van der Waals surface area (Å²) in [7, 11) is 0. The molecule has 2 aliphatic rings. The van der Waals surface area contributed by atoms with Crippen LogP contribution in [0.3, 0.4) is 0 Å². The number of hydrogen-bond acceptors (Lipinski definition) is 5. The zero-order valence-corrected chi connectivity index (χ0v) is 17.5. The molecule has 8 heteroatoms. The minimum atomic E-state index is -0.545. The Kier molecular flexibility index (Phi) is 6.44. The van der Waals surface area contributed by atoms with Gasteiger partial charge in [0.05, 0.1) is 11.9 Å². The molecule has 2 atom stereocenters. The van der Waals surface area contributed by atoms with E-state index in [0.29, 0.717) is 30.4 Å². The number of para-hydroxylation sites is 1. The van der Waals surface area contributed by atoms with Crippen LogP contribution in [0.15, 0.2) is 54.6 Å². The number of anilines is 1. The number of benzene rings is 2. The zero-order valence-electron chi connectivity index (χ0n) is 16.7. The van der Waals surface area contributed by atoms with Crippen molar-refractivity contribution in [2.75, 3.05) is 36.6 Å². The molecule has 7 nitrogen and oxygen atoms in total. The van der Waals surface area contributed by atoms with Crippen LogP contribution in [0.4, 0.5) is 10.5 Å². The number of nitrogens with zero attached hydrogens (tertiary/aromatic N) is 2. The summed E-state index contributed by atoms with van der Waals surface area (Å²) in [5.74, 6) is 3.14. The van der Waals surface area contributed by atoms with Crippen molar-refractivity contribution in [3.63, 3.8) is 0 Å². The van der Waals surface area contributed by atoms with Crippen molar-refractivity contribution in [2.24, 2.45) is 11.7 Å². The Morgan fingerprint density at radius 1 is 1.03 bits per heavy atom. The smallest absolute Gasteiger partial charge is 0.321 e. The largest absolute Gasteiger partial charge is 0.457 e. The number of thioether (sulfide) groups is 1. The molecular formula is C22H26N4O3S. The second kappa shape index (κ2) is 9.40. The summed E-state index contributed by atoms with van der Waals surface area (Å²) in [6, 6.07) is 16.1. The molecule has 0 bridgehead atoms. The van der Waals surface area contributed by atoms with Gasteiger partial charge < -0.3 is 25.6 Å². The minimum absolute atomic E-state index is 0.00117. The molecule has 2 unspecified atom stereocenters. The highest BCUT2D eigenvalue weighted by molar-refractivity contribution is 7.99. The Labute approximate surface area is 180 Å². The van der Waals surface area contributed by atoms with Gasteiger partial charge >= 0.3 is 6.03 Å². The van der Waals surface area contributed by atoms with Crippen molar-refractivity contribution in [3.05, 3.63) is 54.6 Å². The number of urea groups is 1. The van der Waals surface area contributed by atoms with E-state index in [2.05, 4.69) is 5.32 Å². The maximum absolute atomic E-state index is 12.6. The van der Waals surface area contributed by atoms with E-state index in [1.165, 1.54) is 0 Å². The van der Waals surface area contributed by atoms with Crippen LogP contribution in [0.1, 0.15) is 6.42 Å². The molecule has 3 amide bonds.